The van der Waals surface area contributed by atoms with Gasteiger partial charge in [-0.05, 0) is 30.3 Å². The summed E-state index contributed by atoms with van der Waals surface area (Å²) in [7, 11) is 1.55. The van der Waals surface area contributed by atoms with Crippen LogP contribution in [0.1, 0.15) is 0 Å². The molecule has 0 unspecified atom stereocenters. The fraction of sp³-hybridized carbons (Fsp3) is 0.0625. The van der Waals surface area contributed by atoms with Crippen LogP contribution in [-0.4, -0.2) is 22.1 Å². The predicted molar refractivity (Wildman–Crippen MR) is 85.8 cm³/mol. The van der Waals surface area contributed by atoms with Crippen molar-refractivity contribution >= 4 is 23.1 Å². The van der Waals surface area contributed by atoms with Crippen molar-refractivity contribution in [3.8, 4) is 5.88 Å². The summed E-state index contributed by atoms with van der Waals surface area (Å²) in [5.41, 5.74) is 1.36. The molecule has 0 aliphatic rings. The molecule has 116 valence electrons. The van der Waals surface area contributed by atoms with E-state index in [1.54, 1.807) is 49.8 Å². The van der Waals surface area contributed by atoms with Crippen molar-refractivity contribution in [3.05, 3.63) is 60.7 Å². The first-order chi connectivity index (χ1) is 11.2. The highest BCUT2D eigenvalue weighted by molar-refractivity contribution is 5.59. The van der Waals surface area contributed by atoms with Gasteiger partial charge < -0.3 is 15.4 Å². The van der Waals surface area contributed by atoms with Gasteiger partial charge in [0.1, 0.15) is 11.6 Å². The molecule has 3 rings (SSSR count). The van der Waals surface area contributed by atoms with Crippen LogP contribution in [0.4, 0.5) is 27.5 Å². The molecule has 0 radical (unpaired) electrons. The Balaban J connectivity index is 1.76. The molecule has 0 atom stereocenters. The average molecular weight is 311 g/mol. The van der Waals surface area contributed by atoms with Crippen LogP contribution in [-0.2, 0) is 0 Å². The van der Waals surface area contributed by atoms with Gasteiger partial charge in [0.05, 0.1) is 7.11 Å². The lowest BCUT2D eigenvalue weighted by atomic mass is 10.3. The summed E-state index contributed by atoms with van der Waals surface area (Å²) in [5.74, 6) is 1.13. The highest BCUT2D eigenvalue weighted by atomic mass is 19.1. The molecule has 2 heterocycles. The summed E-state index contributed by atoms with van der Waals surface area (Å²) in [5, 5.41) is 6.09. The fourth-order valence-corrected chi connectivity index (χ4v) is 1.93. The van der Waals surface area contributed by atoms with Crippen LogP contribution in [0.5, 0.6) is 5.88 Å². The average Bonchev–Trinajstić information content (AvgIpc) is 2.55. The van der Waals surface area contributed by atoms with Crippen LogP contribution in [0.25, 0.3) is 0 Å². The van der Waals surface area contributed by atoms with E-state index in [4.69, 9.17) is 4.74 Å². The number of hydrogen-bond acceptors (Lipinski definition) is 6. The topological polar surface area (TPSA) is 72.0 Å². The van der Waals surface area contributed by atoms with Gasteiger partial charge in [-0.2, -0.15) is 4.98 Å². The molecule has 0 aliphatic heterocycles. The molecular formula is C16H14FN5O. The summed E-state index contributed by atoms with van der Waals surface area (Å²) >= 11 is 0. The van der Waals surface area contributed by atoms with Crippen molar-refractivity contribution < 1.29 is 9.13 Å². The molecule has 0 amide bonds. The number of ether oxygens (including phenoxy) is 1. The monoisotopic (exact) mass is 311 g/mol. The lowest BCUT2D eigenvalue weighted by Crippen LogP contribution is -2.00. The van der Waals surface area contributed by atoms with Gasteiger partial charge in [-0.3, -0.25) is 0 Å². The molecule has 0 saturated heterocycles. The minimum atomic E-state index is -0.326. The van der Waals surface area contributed by atoms with Crippen LogP contribution in [0.2, 0.25) is 0 Å². The molecule has 0 fully saturated rings. The Morgan fingerprint density at radius 2 is 1.78 bits per heavy atom. The first-order valence-corrected chi connectivity index (χ1v) is 6.85. The van der Waals surface area contributed by atoms with E-state index < -0.39 is 0 Å². The normalized spacial score (nSPS) is 10.2. The molecule has 0 spiro atoms. The molecule has 3 aromatic rings. The lowest BCUT2D eigenvalue weighted by molar-refractivity contribution is 0.398. The fourth-order valence-electron chi connectivity index (χ4n) is 1.93. The van der Waals surface area contributed by atoms with E-state index in [0.717, 1.165) is 5.69 Å². The zero-order valence-corrected chi connectivity index (χ0v) is 12.3. The molecule has 0 saturated carbocycles. The van der Waals surface area contributed by atoms with Crippen molar-refractivity contribution in [2.24, 2.45) is 0 Å². The SMILES string of the molecule is COc1cc(Nc2ccnc(Nc3cccc(F)c3)n2)ccn1. The number of anilines is 4. The quantitative estimate of drug-likeness (QED) is 0.751. The number of pyridine rings is 1. The van der Waals surface area contributed by atoms with Gasteiger partial charge in [-0.1, -0.05) is 6.07 Å². The van der Waals surface area contributed by atoms with Gasteiger partial charge in [0.15, 0.2) is 0 Å². The van der Waals surface area contributed by atoms with E-state index in [2.05, 4.69) is 25.6 Å². The van der Waals surface area contributed by atoms with E-state index in [1.165, 1.54) is 12.1 Å². The van der Waals surface area contributed by atoms with Gasteiger partial charge in [0.2, 0.25) is 11.8 Å². The zero-order chi connectivity index (χ0) is 16.1. The Morgan fingerprint density at radius 3 is 2.61 bits per heavy atom. The Morgan fingerprint density at radius 1 is 0.957 bits per heavy atom. The lowest BCUT2D eigenvalue weighted by Gasteiger charge is -2.09. The van der Waals surface area contributed by atoms with Crippen LogP contribution < -0.4 is 15.4 Å². The summed E-state index contributed by atoms with van der Waals surface area (Å²) < 4.78 is 18.3. The van der Waals surface area contributed by atoms with E-state index in [-0.39, 0.29) is 5.82 Å². The standard InChI is InChI=1S/C16H14FN5O/c1-23-15-10-13(5-7-18-15)20-14-6-8-19-16(22-14)21-12-4-2-3-11(17)9-12/h2-10H,1H3,(H2,18,19,20,21,22). The number of benzene rings is 1. The summed E-state index contributed by atoms with van der Waals surface area (Å²) in [6, 6.07) is 11.4. The second-order valence-electron chi connectivity index (χ2n) is 4.61. The van der Waals surface area contributed by atoms with Crippen LogP contribution in [0.3, 0.4) is 0 Å². The molecule has 7 heteroatoms. The largest absolute Gasteiger partial charge is 0.481 e. The summed E-state index contributed by atoms with van der Waals surface area (Å²) in [4.78, 5) is 12.5. The Kier molecular flexibility index (Phi) is 4.28. The number of hydrogen-bond donors (Lipinski definition) is 2. The van der Waals surface area contributed by atoms with E-state index >= 15 is 0 Å². The highest BCUT2D eigenvalue weighted by Crippen LogP contribution is 2.19. The third-order valence-electron chi connectivity index (χ3n) is 2.95. The number of halogens is 1. The summed E-state index contributed by atoms with van der Waals surface area (Å²) in [6.07, 6.45) is 3.24. The third-order valence-corrected chi connectivity index (χ3v) is 2.95. The van der Waals surface area contributed by atoms with Crippen LogP contribution >= 0.6 is 0 Å². The van der Waals surface area contributed by atoms with Gasteiger partial charge in [-0.15, -0.1) is 0 Å². The van der Waals surface area contributed by atoms with E-state index in [1.807, 2.05) is 0 Å². The van der Waals surface area contributed by atoms with Crippen molar-refractivity contribution in [2.45, 2.75) is 0 Å². The first-order valence-electron chi connectivity index (χ1n) is 6.85. The maximum Gasteiger partial charge on any atom is 0.229 e. The number of aromatic nitrogens is 3. The maximum absolute atomic E-state index is 13.2. The van der Waals surface area contributed by atoms with Crippen molar-refractivity contribution in [1.29, 1.82) is 0 Å². The molecule has 0 bridgehead atoms. The van der Waals surface area contributed by atoms with Gasteiger partial charge in [-0.25, -0.2) is 14.4 Å². The second kappa shape index (κ2) is 6.69. The minimum Gasteiger partial charge on any atom is -0.481 e. The number of nitrogens with one attached hydrogen (secondary N) is 2. The first kappa shape index (κ1) is 14.7. The smallest absolute Gasteiger partial charge is 0.229 e. The molecule has 2 aromatic heterocycles. The van der Waals surface area contributed by atoms with E-state index in [9.17, 15) is 4.39 Å². The zero-order valence-electron chi connectivity index (χ0n) is 12.3. The summed E-state index contributed by atoms with van der Waals surface area (Å²) in [6.45, 7) is 0. The molecule has 6 nitrogen and oxygen atoms in total. The maximum atomic E-state index is 13.2. The molecule has 0 aliphatic carbocycles. The third kappa shape index (κ3) is 3.91. The van der Waals surface area contributed by atoms with Gasteiger partial charge >= 0.3 is 0 Å². The highest BCUT2D eigenvalue weighted by Gasteiger charge is 2.03. The molecular weight excluding hydrogens is 297 g/mol. The Hall–Kier alpha value is -3.22. The van der Waals surface area contributed by atoms with Crippen molar-refractivity contribution in [2.75, 3.05) is 17.7 Å². The van der Waals surface area contributed by atoms with E-state index in [0.29, 0.717) is 23.3 Å². The number of methoxy groups -OCH3 is 1. The number of nitrogens with zero attached hydrogens (tertiary/aromatic N) is 3. The second-order valence-corrected chi connectivity index (χ2v) is 4.61. The van der Waals surface area contributed by atoms with Crippen molar-refractivity contribution in [1.82, 2.24) is 15.0 Å². The molecule has 1 aromatic carbocycles. The Labute approximate surface area is 132 Å². The predicted octanol–water partition coefficient (Wildman–Crippen LogP) is 3.51. The molecule has 23 heavy (non-hydrogen) atoms. The van der Waals surface area contributed by atoms with Crippen molar-refractivity contribution in [3.63, 3.8) is 0 Å². The number of rotatable bonds is 5. The Bertz CT molecular complexity index is 812. The van der Waals surface area contributed by atoms with Crippen LogP contribution in [0.15, 0.2) is 54.9 Å². The molecule has 2 N–H and O–H groups in total. The minimum absolute atomic E-state index is 0.326. The van der Waals surface area contributed by atoms with Gasteiger partial charge in [0.25, 0.3) is 0 Å². The van der Waals surface area contributed by atoms with Gasteiger partial charge in [0, 0.05) is 29.8 Å². The van der Waals surface area contributed by atoms with Crippen LogP contribution in [0, 0.1) is 5.82 Å².